The third-order valence-electron chi connectivity index (χ3n) is 5.22. The van der Waals surface area contributed by atoms with Crippen molar-refractivity contribution in [2.75, 3.05) is 6.54 Å². The van der Waals surface area contributed by atoms with Gasteiger partial charge in [-0.15, -0.1) is 11.3 Å². The molecular weight excluding hydrogens is 344 g/mol. The lowest BCUT2D eigenvalue weighted by Gasteiger charge is -2.36. The number of carbonyl (C=O) groups excluding carboxylic acids is 2. The predicted molar refractivity (Wildman–Crippen MR) is 105 cm³/mol. The fourth-order valence-corrected chi connectivity index (χ4v) is 4.60. The maximum atomic E-state index is 12.3. The van der Waals surface area contributed by atoms with E-state index in [4.69, 9.17) is 0 Å². The number of rotatable bonds is 5. The topological polar surface area (TPSA) is 58.2 Å². The average Bonchev–Trinajstić information content (AvgIpc) is 3.21. The predicted octanol–water partition coefficient (Wildman–Crippen LogP) is 3.69. The van der Waals surface area contributed by atoms with E-state index in [2.05, 4.69) is 28.1 Å². The minimum Gasteiger partial charge on any atom is -0.347 e. The molecule has 1 fully saturated rings. The summed E-state index contributed by atoms with van der Waals surface area (Å²) in [4.78, 5) is 25.7. The number of thiophene rings is 1. The molecule has 5 heteroatoms. The summed E-state index contributed by atoms with van der Waals surface area (Å²) >= 11 is 1.75. The van der Waals surface area contributed by atoms with Crippen molar-refractivity contribution in [3.05, 3.63) is 57.8 Å². The van der Waals surface area contributed by atoms with Crippen LogP contribution < -0.4 is 10.6 Å². The molecule has 3 rings (SSSR count). The number of hydrogen-bond acceptors (Lipinski definition) is 3. The molecular formula is C21H26N2O2S. The Bertz CT molecular complexity index is 732. The molecule has 0 bridgehead atoms. The van der Waals surface area contributed by atoms with E-state index in [1.54, 1.807) is 11.3 Å². The van der Waals surface area contributed by atoms with Crippen molar-refractivity contribution in [1.82, 2.24) is 10.6 Å². The van der Waals surface area contributed by atoms with Crippen LogP contribution in [0.2, 0.25) is 0 Å². The molecule has 1 saturated carbocycles. The second-order valence-electron chi connectivity index (χ2n) is 7.17. The Morgan fingerprint density at radius 1 is 1.00 bits per heavy atom. The second-order valence-corrected chi connectivity index (χ2v) is 8.12. The quantitative estimate of drug-likeness (QED) is 0.789. The molecule has 1 aromatic carbocycles. The van der Waals surface area contributed by atoms with E-state index in [0.29, 0.717) is 13.1 Å². The van der Waals surface area contributed by atoms with Gasteiger partial charge < -0.3 is 10.6 Å². The first-order chi connectivity index (χ1) is 12.6. The highest BCUT2D eigenvalue weighted by atomic mass is 32.1. The molecule has 0 unspecified atom stereocenters. The third-order valence-corrected chi connectivity index (χ3v) is 6.34. The van der Waals surface area contributed by atoms with Crippen molar-refractivity contribution in [3.63, 3.8) is 0 Å². The van der Waals surface area contributed by atoms with Crippen molar-refractivity contribution in [2.45, 2.75) is 51.0 Å². The summed E-state index contributed by atoms with van der Waals surface area (Å²) in [6.07, 6.45) is 5.73. The molecule has 2 N–H and O–H groups in total. The molecule has 2 aromatic rings. The van der Waals surface area contributed by atoms with Crippen LogP contribution in [0.4, 0.5) is 0 Å². The molecule has 0 aliphatic heterocycles. The molecule has 1 heterocycles. The fourth-order valence-electron chi connectivity index (χ4n) is 3.62. The SMILES string of the molecule is Cc1ccc(CNC(=O)C(=O)NCC2(c3cccs3)CCCCC2)cc1. The summed E-state index contributed by atoms with van der Waals surface area (Å²) in [5, 5.41) is 7.67. The standard InChI is InChI=1S/C21H26N2O2S/c1-16-7-9-17(10-8-16)14-22-19(24)20(25)23-15-21(11-3-2-4-12-21)18-6-5-13-26-18/h5-10,13H,2-4,11-12,14-15H2,1H3,(H,22,24)(H,23,25). The van der Waals surface area contributed by atoms with Crippen molar-refractivity contribution in [2.24, 2.45) is 0 Å². The Labute approximate surface area is 159 Å². The molecule has 1 aliphatic rings. The minimum absolute atomic E-state index is 0.0146. The van der Waals surface area contributed by atoms with E-state index < -0.39 is 11.8 Å². The monoisotopic (exact) mass is 370 g/mol. The highest BCUT2D eigenvalue weighted by molar-refractivity contribution is 7.10. The number of aryl methyl sites for hydroxylation is 1. The van der Waals surface area contributed by atoms with Crippen LogP contribution >= 0.6 is 11.3 Å². The minimum atomic E-state index is -0.567. The maximum absolute atomic E-state index is 12.3. The van der Waals surface area contributed by atoms with Gasteiger partial charge in [-0.05, 0) is 36.8 Å². The molecule has 0 atom stereocenters. The molecule has 1 aliphatic carbocycles. The van der Waals surface area contributed by atoms with E-state index in [1.165, 1.54) is 29.7 Å². The molecule has 2 amide bonds. The van der Waals surface area contributed by atoms with Gasteiger partial charge >= 0.3 is 11.8 Å². The Balaban J connectivity index is 1.54. The summed E-state index contributed by atoms with van der Waals surface area (Å²) in [5.74, 6) is -1.11. The molecule has 4 nitrogen and oxygen atoms in total. The third kappa shape index (κ3) is 4.52. The van der Waals surface area contributed by atoms with Gasteiger partial charge in [-0.1, -0.05) is 55.2 Å². The van der Waals surface area contributed by atoms with Crippen LogP contribution in [0.3, 0.4) is 0 Å². The lowest BCUT2D eigenvalue weighted by Crippen LogP contribution is -2.46. The van der Waals surface area contributed by atoms with Gasteiger partial charge in [0.25, 0.3) is 0 Å². The lowest BCUT2D eigenvalue weighted by molar-refractivity contribution is -0.139. The Kier molecular flexibility index (Phi) is 6.09. The van der Waals surface area contributed by atoms with Gasteiger partial charge in [0.05, 0.1) is 0 Å². The van der Waals surface area contributed by atoms with Crippen LogP contribution in [-0.4, -0.2) is 18.4 Å². The van der Waals surface area contributed by atoms with Gasteiger partial charge in [0, 0.05) is 23.4 Å². The fraction of sp³-hybridized carbons (Fsp3) is 0.429. The van der Waals surface area contributed by atoms with Crippen molar-refractivity contribution in [3.8, 4) is 0 Å². The molecule has 0 saturated heterocycles. The smallest absolute Gasteiger partial charge is 0.309 e. The molecule has 138 valence electrons. The summed E-state index contributed by atoms with van der Waals surface area (Å²) in [6, 6.07) is 12.1. The van der Waals surface area contributed by atoms with Gasteiger partial charge in [-0.25, -0.2) is 0 Å². The van der Waals surface area contributed by atoms with Crippen LogP contribution in [0, 0.1) is 6.92 Å². The zero-order valence-electron chi connectivity index (χ0n) is 15.2. The number of benzene rings is 1. The number of nitrogens with one attached hydrogen (secondary N) is 2. The van der Waals surface area contributed by atoms with Gasteiger partial charge in [0.2, 0.25) is 0 Å². The summed E-state index contributed by atoms with van der Waals surface area (Å²) in [6.45, 7) is 2.91. The van der Waals surface area contributed by atoms with Crippen LogP contribution in [0.15, 0.2) is 41.8 Å². The number of carbonyl (C=O) groups is 2. The number of amides is 2. The molecule has 0 radical (unpaired) electrons. The molecule has 0 spiro atoms. The largest absolute Gasteiger partial charge is 0.347 e. The maximum Gasteiger partial charge on any atom is 0.309 e. The summed E-state index contributed by atoms with van der Waals surface area (Å²) in [7, 11) is 0. The second kappa shape index (κ2) is 8.49. The average molecular weight is 371 g/mol. The van der Waals surface area contributed by atoms with E-state index >= 15 is 0 Å². The normalized spacial score (nSPS) is 16.0. The van der Waals surface area contributed by atoms with Crippen LogP contribution in [0.5, 0.6) is 0 Å². The van der Waals surface area contributed by atoms with Crippen molar-refractivity contribution in [1.29, 1.82) is 0 Å². The van der Waals surface area contributed by atoms with Crippen molar-refractivity contribution >= 4 is 23.2 Å². The Morgan fingerprint density at radius 3 is 2.35 bits per heavy atom. The van der Waals surface area contributed by atoms with Gasteiger partial charge in [0.1, 0.15) is 0 Å². The summed E-state index contributed by atoms with van der Waals surface area (Å²) in [5.41, 5.74) is 2.14. The zero-order valence-corrected chi connectivity index (χ0v) is 16.0. The highest BCUT2D eigenvalue weighted by Crippen LogP contribution is 2.41. The van der Waals surface area contributed by atoms with E-state index in [-0.39, 0.29) is 5.41 Å². The van der Waals surface area contributed by atoms with Crippen LogP contribution in [-0.2, 0) is 21.5 Å². The van der Waals surface area contributed by atoms with E-state index in [1.807, 2.05) is 31.2 Å². The zero-order chi connectivity index (χ0) is 18.4. The Morgan fingerprint density at radius 2 is 1.69 bits per heavy atom. The van der Waals surface area contributed by atoms with Crippen molar-refractivity contribution < 1.29 is 9.59 Å². The molecule has 26 heavy (non-hydrogen) atoms. The first kappa shape index (κ1) is 18.6. The van der Waals surface area contributed by atoms with Gasteiger partial charge in [0.15, 0.2) is 0 Å². The van der Waals surface area contributed by atoms with Gasteiger partial charge in [-0.2, -0.15) is 0 Å². The van der Waals surface area contributed by atoms with E-state index in [0.717, 1.165) is 18.4 Å². The van der Waals surface area contributed by atoms with Crippen LogP contribution in [0.1, 0.15) is 48.1 Å². The molecule has 1 aromatic heterocycles. The van der Waals surface area contributed by atoms with Crippen LogP contribution in [0.25, 0.3) is 0 Å². The first-order valence-corrected chi connectivity index (χ1v) is 10.1. The number of hydrogen-bond donors (Lipinski definition) is 2. The van der Waals surface area contributed by atoms with Gasteiger partial charge in [-0.3, -0.25) is 9.59 Å². The first-order valence-electron chi connectivity index (χ1n) is 9.25. The van der Waals surface area contributed by atoms with E-state index in [9.17, 15) is 9.59 Å². The lowest BCUT2D eigenvalue weighted by atomic mass is 9.73. The highest BCUT2D eigenvalue weighted by Gasteiger charge is 2.35. The summed E-state index contributed by atoms with van der Waals surface area (Å²) < 4.78 is 0. The Hall–Kier alpha value is -2.14.